The molecule has 0 bridgehead atoms. The van der Waals surface area contributed by atoms with E-state index in [1.807, 2.05) is 38.1 Å². The molecule has 0 fully saturated rings. The molecule has 0 saturated carbocycles. The van der Waals surface area contributed by atoms with Gasteiger partial charge < -0.3 is 19.2 Å². The Balaban J connectivity index is 1.69. The van der Waals surface area contributed by atoms with Gasteiger partial charge in [-0.2, -0.15) is 0 Å². The fourth-order valence-corrected chi connectivity index (χ4v) is 2.84. The van der Waals surface area contributed by atoms with Gasteiger partial charge in [0.15, 0.2) is 18.1 Å². The topological polar surface area (TPSA) is 77.8 Å². The van der Waals surface area contributed by atoms with Gasteiger partial charge in [-0.3, -0.25) is 4.79 Å². The van der Waals surface area contributed by atoms with E-state index in [0.29, 0.717) is 22.8 Å². The zero-order valence-corrected chi connectivity index (χ0v) is 15.9. The number of hydrogen-bond donors (Lipinski definition) is 1. The highest BCUT2D eigenvalue weighted by Gasteiger charge is 2.10. The molecule has 144 valence electrons. The van der Waals surface area contributed by atoms with E-state index in [-0.39, 0.29) is 12.5 Å². The van der Waals surface area contributed by atoms with Crippen LogP contribution < -0.4 is 20.4 Å². The van der Waals surface area contributed by atoms with Crippen LogP contribution in [0, 0.1) is 6.92 Å². The van der Waals surface area contributed by atoms with Gasteiger partial charge >= 0.3 is 5.63 Å². The van der Waals surface area contributed by atoms with Crippen LogP contribution in [-0.4, -0.2) is 19.6 Å². The maximum atomic E-state index is 12.2. The minimum absolute atomic E-state index is 0.185. The summed E-state index contributed by atoms with van der Waals surface area (Å²) in [5, 5.41) is 3.55. The van der Waals surface area contributed by atoms with E-state index >= 15 is 0 Å². The van der Waals surface area contributed by atoms with Gasteiger partial charge in [0.25, 0.3) is 5.91 Å². The predicted octanol–water partition coefficient (Wildman–Crippen LogP) is 4.16. The molecule has 1 N–H and O–H groups in total. The molecule has 1 heterocycles. The van der Waals surface area contributed by atoms with Crippen LogP contribution in [0.2, 0.25) is 0 Å². The van der Waals surface area contributed by atoms with Gasteiger partial charge in [0.2, 0.25) is 0 Å². The minimum Gasteiger partial charge on any atom is -0.493 e. The molecule has 1 amide bonds. The molecular formula is C22H21NO5. The van der Waals surface area contributed by atoms with E-state index in [4.69, 9.17) is 13.9 Å². The van der Waals surface area contributed by atoms with Crippen molar-refractivity contribution in [2.24, 2.45) is 0 Å². The SMILES string of the molecule is C/C=C/c1ccc(OCC(=O)Nc2ccc3c(C)cc(=O)oc3c2)c(OC)c1. The van der Waals surface area contributed by atoms with E-state index in [2.05, 4.69) is 5.32 Å². The fraction of sp³-hybridized carbons (Fsp3) is 0.182. The van der Waals surface area contributed by atoms with Crippen molar-refractivity contribution >= 4 is 28.6 Å². The number of aryl methyl sites for hydroxylation is 1. The van der Waals surface area contributed by atoms with Crippen molar-refractivity contribution in [3.63, 3.8) is 0 Å². The molecule has 3 rings (SSSR count). The summed E-state index contributed by atoms with van der Waals surface area (Å²) < 4.78 is 16.1. The van der Waals surface area contributed by atoms with Crippen molar-refractivity contribution < 1.29 is 18.7 Å². The lowest BCUT2D eigenvalue weighted by molar-refractivity contribution is -0.118. The summed E-state index contributed by atoms with van der Waals surface area (Å²) >= 11 is 0. The first-order valence-electron chi connectivity index (χ1n) is 8.78. The molecule has 2 aromatic carbocycles. The molecule has 0 saturated heterocycles. The number of carbonyl (C=O) groups excluding carboxylic acids is 1. The second kappa shape index (κ2) is 8.43. The summed E-state index contributed by atoms with van der Waals surface area (Å²) in [5.41, 5.74) is 2.31. The van der Waals surface area contributed by atoms with Gasteiger partial charge in [-0.15, -0.1) is 0 Å². The monoisotopic (exact) mass is 379 g/mol. The first kappa shape index (κ1) is 19.2. The standard InChI is InChI=1S/C22H21NO5/c1-4-5-15-6-9-18(20(11-15)26-3)27-13-21(24)23-16-7-8-17-14(2)10-22(25)28-19(17)12-16/h4-12H,13H2,1-3H3,(H,23,24)/b5-4+. The lowest BCUT2D eigenvalue weighted by Crippen LogP contribution is -2.20. The molecule has 6 heteroatoms. The Kier molecular flexibility index (Phi) is 5.79. The Morgan fingerprint density at radius 2 is 1.96 bits per heavy atom. The van der Waals surface area contributed by atoms with Crippen molar-refractivity contribution in [3.8, 4) is 11.5 Å². The van der Waals surface area contributed by atoms with Gasteiger partial charge in [0.05, 0.1) is 7.11 Å². The Labute approximate surface area is 162 Å². The molecule has 28 heavy (non-hydrogen) atoms. The van der Waals surface area contributed by atoms with E-state index in [9.17, 15) is 9.59 Å². The summed E-state index contributed by atoms with van der Waals surface area (Å²) in [6, 6.07) is 12.1. The Morgan fingerprint density at radius 3 is 2.71 bits per heavy atom. The van der Waals surface area contributed by atoms with E-state index in [1.165, 1.54) is 6.07 Å². The number of carbonyl (C=O) groups is 1. The summed E-state index contributed by atoms with van der Waals surface area (Å²) in [5.74, 6) is 0.686. The van der Waals surface area contributed by atoms with Gasteiger partial charge in [-0.25, -0.2) is 4.79 Å². The number of nitrogens with one attached hydrogen (secondary N) is 1. The number of rotatable bonds is 6. The lowest BCUT2D eigenvalue weighted by atomic mass is 10.1. The molecule has 0 spiro atoms. The van der Waals surface area contributed by atoms with Crippen LogP contribution in [0.1, 0.15) is 18.1 Å². The first-order chi connectivity index (χ1) is 13.5. The summed E-state index contributed by atoms with van der Waals surface area (Å²) in [6.45, 7) is 3.58. The number of fused-ring (bicyclic) bond motifs is 1. The highest BCUT2D eigenvalue weighted by atomic mass is 16.5. The third kappa shape index (κ3) is 4.40. The van der Waals surface area contributed by atoms with Gasteiger partial charge in [-0.1, -0.05) is 18.2 Å². The number of methoxy groups -OCH3 is 1. The Bertz CT molecular complexity index is 1100. The number of amides is 1. The summed E-state index contributed by atoms with van der Waals surface area (Å²) in [7, 11) is 1.55. The third-order valence-electron chi connectivity index (χ3n) is 4.14. The van der Waals surface area contributed by atoms with Crippen molar-refractivity contribution in [3.05, 3.63) is 70.1 Å². The van der Waals surface area contributed by atoms with Gasteiger partial charge in [0.1, 0.15) is 5.58 Å². The molecule has 0 unspecified atom stereocenters. The van der Waals surface area contributed by atoms with Crippen molar-refractivity contribution in [1.29, 1.82) is 0 Å². The average Bonchev–Trinajstić information content (AvgIpc) is 2.66. The number of ether oxygens (including phenoxy) is 2. The zero-order valence-electron chi connectivity index (χ0n) is 15.9. The molecule has 6 nitrogen and oxygen atoms in total. The van der Waals surface area contributed by atoms with Crippen LogP contribution in [0.3, 0.4) is 0 Å². The van der Waals surface area contributed by atoms with Crippen molar-refractivity contribution in [2.75, 3.05) is 19.0 Å². The van der Waals surface area contributed by atoms with E-state index in [1.54, 1.807) is 31.4 Å². The second-order valence-corrected chi connectivity index (χ2v) is 6.21. The molecule has 0 aliphatic rings. The number of allylic oxidation sites excluding steroid dienone is 1. The minimum atomic E-state index is -0.426. The second-order valence-electron chi connectivity index (χ2n) is 6.21. The van der Waals surface area contributed by atoms with Crippen molar-refractivity contribution in [2.45, 2.75) is 13.8 Å². The smallest absolute Gasteiger partial charge is 0.336 e. The van der Waals surface area contributed by atoms with Crippen LogP contribution in [-0.2, 0) is 4.79 Å². The maximum Gasteiger partial charge on any atom is 0.336 e. The highest BCUT2D eigenvalue weighted by Crippen LogP contribution is 2.28. The molecule has 0 aliphatic heterocycles. The Morgan fingerprint density at radius 1 is 1.14 bits per heavy atom. The highest BCUT2D eigenvalue weighted by molar-refractivity contribution is 5.94. The Hall–Kier alpha value is -3.54. The molecule has 0 radical (unpaired) electrons. The molecule has 3 aromatic rings. The molecule has 0 atom stereocenters. The summed E-state index contributed by atoms with van der Waals surface area (Å²) in [6.07, 6.45) is 3.87. The van der Waals surface area contributed by atoms with Crippen LogP contribution >= 0.6 is 0 Å². The number of anilines is 1. The molecular weight excluding hydrogens is 358 g/mol. The van der Waals surface area contributed by atoms with Gasteiger partial charge in [-0.05, 0) is 49.2 Å². The predicted molar refractivity (Wildman–Crippen MR) is 109 cm³/mol. The number of hydrogen-bond acceptors (Lipinski definition) is 5. The van der Waals surface area contributed by atoms with E-state index in [0.717, 1.165) is 16.5 Å². The zero-order chi connectivity index (χ0) is 20.1. The first-order valence-corrected chi connectivity index (χ1v) is 8.78. The quantitative estimate of drug-likeness (QED) is 0.651. The molecule has 1 aromatic heterocycles. The van der Waals surface area contributed by atoms with Gasteiger partial charge in [0, 0.05) is 23.2 Å². The third-order valence-corrected chi connectivity index (χ3v) is 4.14. The van der Waals surface area contributed by atoms with Crippen LogP contribution in [0.4, 0.5) is 5.69 Å². The van der Waals surface area contributed by atoms with Crippen LogP contribution in [0.15, 0.2) is 57.8 Å². The fourth-order valence-electron chi connectivity index (χ4n) is 2.84. The summed E-state index contributed by atoms with van der Waals surface area (Å²) in [4.78, 5) is 23.8. The van der Waals surface area contributed by atoms with Crippen LogP contribution in [0.5, 0.6) is 11.5 Å². The van der Waals surface area contributed by atoms with E-state index < -0.39 is 5.63 Å². The maximum absolute atomic E-state index is 12.2. The normalized spacial score (nSPS) is 11.0. The number of benzene rings is 2. The van der Waals surface area contributed by atoms with Crippen molar-refractivity contribution in [1.82, 2.24) is 0 Å². The lowest BCUT2D eigenvalue weighted by Gasteiger charge is -2.12. The largest absolute Gasteiger partial charge is 0.493 e. The average molecular weight is 379 g/mol. The molecule has 0 aliphatic carbocycles. The van der Waals surface area contributed by atoms with Crippen LogP contribution in [0.25, 0.3) is 17.0 Å².